The Kier molecular flexibility index (Phi) is 5.80. The van der Waals surface area contributed by atoms with Crippen LogP contribution in [0.2, 0.25) is 7.25 Å². The minimum absolute atomic E-state index is 0.372. The van der Waals surface area contributed by atoms with Crippen molar-refractivity contribution in [2.45, 2.75) is 58.6 Å². The van der Waals surface area contributed by atoms with Gasteiger partial charge in [0.2, 0.25) is 0 Å². The summed E-state index contributed by atoms with van der Waals surface area (Å²) in [6.07, 6.45) is 22.9. The van der Waals surface area contributed by atoms with E-state index < -0.39 is 0 Å². The monoisotopic (exact) mass is 378 g/mol. The van der Waals surface area contributed by atoms with Gasteiger partial charge in [-0.05, 0) is 0 Å². The maximum Gasteiger partial charge on any atom is 0.0108 e. The van der Waals surface area contributed by atoms with E-state index in [0.717, 1.165) is 7.25 Å². The zero-order chi connectivity index (χ0) is 14.7. The van der Waals surface area contributed by atoms with Crippen molar-refractivity contribution < 1.29 is 23.2 Å². The summed E-state index contributed by atoms with van der Waals surface area (Å²) in [6, 6.07) is 0. The third-order valence-electron chi connectivity index (χ3n) is 5.20. The van der Waals surface area contributed by atoms with Crippen LogP contribution >= 0.6 is 11.6 Å². The topological polar surface area (TPSA) is 0 Å². The predicted octanol–water partition coefficient (Wildman–Crippen LogP) is 6.38. The van der Waals surface area contributed by atoms with Gasteiger partial charge in [-0.2, -0.15) is 0 Å². The smallest absolute Gasteiger partial charge is 0.0108 e. The molecule has 4 aliphatic carbocycles. The molecule has 0 amide bonds. The summed E-state index contributed by atoms with van der Waals surface area (Å²) in [5.74, 6) is 0. The van der Waals surface area contributed by atoms with E-state index in [9.17, 15) is 0 Å². The Labute approximate surface area is 146 Å². The standard InChI is InChI=1S/2C9H11.CH3Cl.Zr/c2*1-2-5-9-7-3-6-8(9)4-1;1-2;/h2*3,6-7H,1-2,4-5H2;1H3;. The van der Waals surface area contributed by atoms with Gasteiger partial charge in [-0.25, -0.2) is 0 Å². The van der Waals surface area contributed by atoms with Crippen LogP contribution in [0.25, 0.3) is 0 Å². The van der Waals surface area contributed by atoms with Crippen LogP contribution in [0.5, 0.6) is 0 Å². The van der Waals surface area contributed by atoms with E-state index in [2.05, 4.69) is 35.9 Å². The molecule has 4 rings (SSSR count). The van der Waals surface area contributed by atoms with Gasteiger partial charge in [0.25, 0.3) is 0 Å². The van der Waals surface area contributed by atoms with E-state index in [1.807, 2.05) is 11.1 Å². The minimum atomic E-state index is -0.372. The van der Waals surface area contributed by atoms with Crippen LogP contribution in [0.4, 0.5) is 0 Å². The zero-order valence-corrected chi connectivity index (χ0v) is 16.2. The fourth-order valence-electron chi connectivity index (χ4n) is 4.16. The Bertz CT molecular complexity index is 464. The Morgan fingerprint density at radius 1 is 0.762 bits per heavy atom. The van der Waals surface area contributed by atoms with Crippen molar-refractivity contribution in [2.24, 2.45) is 0 Å². The molecular weight excluding hydrogens is 355 g/mol. The van der Waals surface area contributed by atoms with E-state index in [1.165, 1.54) is 57.7 Å². The van der Waals surface area contributed by atoms with Gasteiger partial charge >= 0.3 is 128 Å². The number of hydrogen-bond acceptors (Lipinski definition) is 0. The number of rotatable bonds is 2. The van der Waals surface area contributed by atoms with E-state index in [-0.39, 0.29) is 23.2 Å². The average molecular weight is 380 g/mol. The summed E-state index contributed by atoms with van der Waals surface area (Å²) in [4.78, 5) is 0. The maximum atomic E-state index is 4.64. The van der Waals surface area contributed by atoms with Crippen LogP contribution in [-0.4, -0.2) is 6.38 Å². The van der Waals surface area contributed by atoms with Crippen molar-refractivity contribution >= 4 is 11.6 Å². The molecule has 0 aromatic heterocycles. The van der Waals surface area contributed by atoms with Crippen LogP contribution in [-0.2, 0) is 23.2 Å². The third kappa shape index (κ3) is 3.40. The fraction of sp³-hybridized carbons (Fsp3) is 0.579. The van der Waals surface area contributed by atoms with Gasteiger partial charge in [-0.3, -0.25) is 0 Å². The average Bonchev–Trinajstić information content (AvgIpc) is 3.15. The first-order valence-electron chi connectivity index (χ1n) is 8.36. The number of halogens is 1. The summed E-state index contributed by atoms with van der Waals surface area (Å²) >= 11 is 4.27. The molecule has 0 saturated carbocycles. The van der Waals surface area contributed by atoms with E-state index >= 15 is 0 Å². The molecule has 21 heavy (non-hydrogen) atoms. The normalized spacial score (nSPS) is 30.0. The molecule has 0 radical (unpaired) electrons. The van der Waals surface area contributed by atoms with Gasteiger partial charge in [0.15, 0.2) is 0 Å². The molecule has 0 fully saturated rings. The molecule has 0 nitrogen and oxygen atoms in total. The van der Waals surface area contributed by atoms with Crippen LogP contribution in [0.15, 0.2) is 46.6 Å². The second-order valence-corrected chi connectivity index (χ2v) is 10.2. The Morgan fingerprint density at radius 2 is 1.19 bits per heavy atom. The molecule has 2 heteroatoms. The van der Waals surface area contributed by atoms with Gasteiger partial charge in [0.1, 0.15) is 0 Å². The molecule has 0 aromatic rings. The minimum Gasteiger partial charge on any atom is -0.130 e. The molecule has 0 bridgehead atoms. The van der Waals surface area contributed by atoms with Gasteiger partial charge in [-0.1, -0.05) is 0 Å². The third-order valence-corrected chi connectivity index (χ3v) is 9.62. The molecule has 2 unspecified atom stereocenters. The summed E-state index contributed by atoms with van der Waals surface area (Å²) < 4.78 is 1.87. The maximum absolute atomic E-state index is 4.64. The van der Waals surface area contributed by atoms with Crippen LogP contribution in [0.1, 0.15) is 51.4 Å². The summed E-state index contributed by atoms with van der Waals surface area (Å²) in [6.45, 7) is 0. The molecule has 0 aliphatic heterocycles. The molecule has 4 aliphatic rings. The Hall–Kier alpha value is 0.133. The van der Waals surface area contributed by atoms with E-state index in [4.69, 9.17) is 0 Å². The van der Waals surface area contributed by atoms with Crippen molar-refractivity contribution in [2.75, 3.05) is 6.38 Å². The van der Waals surface area contributed by atoms with E-state index in [0.29, 0.717) is 0 Å². The Morgan fingerprint density at radius 3 is 1.67 bits per heavy atom. The van der Waals surface area contributed by atoms with Gasteiger partial charge in [0, 0.05) is 6.38 Å². The summed E-state index contributed by atoms with van der Waals surface area (Å²) in [5.41, 5.74) is 7.21. The molecule has 0 saturated heterocycles. The molecule has 2 atom stereocenters. The summed E-state index contributed by atoms with van der Waals surface area (Å²) in [5, 5.41) is 0. The molecule has 0 N–H and O–H groups in total. The molecule has 112 valence electrons. The predicted molar refractivity (Wildman–Crippen MR) is 88.5 cm³/mol. The van der Waals surface area contributed by atoms with Crippen LogP contribution in [0, 0.1) is 0 Å². The quantitative estimate of drug-likeness (QED) is 0.488. The van der Waals surface area contributed by atoms with Crippen molar-refractivity contribution in [1.29, 1.82) is 0 Å². The second-order valence-electron chi connectivity index (χ2n) is 6.36. The molecule has 0 heterocycles. The largest absolute Gasteiger partial charge is 0.130 e. The zero-order valence-electron chi connectivity index (χ0n) is 13.0. The summed E-state index contributed by atoms with van der Waals surface area (Å²) in [7, 11) is 0. The van der Waals surface area contributed by atoms with Gasteiger partial charge < -0.3 is 0 Å². The first-order chi connectivity index (χ1) is 10.4. The van der Waals surface area contributed by atoms with Gasteiger partial charge in [0.05, 0.1) is 0 Å². The number of hydrogen-bond donors (Lipinski definition) is 0. The molecular formula is C19H25ClZr. The second kappa shape index (κ2) is 7.60. The number of alkyl halides is 1. The first kappa shape index (κ1) is 16.0. The SMILES string of the molecule is C1=C[CH]([Zr][CH]2C=CC3=C2CCCC3)C2=C1CCCC2.CCl. The van der Waals surface area contributed by atoms with Crippen LogP contribution in [0.3, 0.4) is 0 Å². The van der Waals surface area contributed by atoms with E-state index in [1.54, 1.807) is 11.1 Å². The molecule has 0 aromatic carbocycles. The van der Waals surface area contributed by atoms with Crippen LogP contribution < -0.4 is 0 Å². The fourth-order valence-corrected chi connectivity index (χ4v) is 8.74. The number of allylic oxidation sites excluding steroid dienone is 8. The molecule has 0 spiro atoms. The van der Waals surface area contributed by atoms with Crippen molar-refractivity contribution in [3.8, 4) is 0 Å². The first-order valence-corrected chi connectivity index (χ1v) is 12.0. The van der Waals surface area contributed by atoms with Crippen molar-refractivity contribution in [1.82, 2.24) is 0 Å². The Balaban J connectivity index is 0.000000636. The van der Waals surface area contributed by atoms with Crippen molar-refractivity contribution in [3.05, 3.63) is 46.6 Å². The van der Waals surface area contributed by atoms with Crippen molar-refractivity contribution in [3.63, 3.8) is 0 Å². The van der Waals surface area contributed by atoms with Gasteiger partial charge in [-0.15, -0.1) is 11.6 Å².